The van der Waals surface area contributed by atoms with Gasteiger partial charge in [0.1, 0.15) is 0 Å². The van der Waals surface area contributed by atoms with E-state index in [9.17, 15) is 0 Å². The molecule has 0 nitrogen and oxygen atoms in total. The summed E-state index contributed by atoms with van der Waals surface area (Å²) < 4.78 is 0. The van der Waals surface area contributed by atoms with Gasteiger partial charge in [0.05, 0.1) is 0 Å². The Balaban J connectivity index is -0.0000000312. The molecule has 0 amide bonds. The van der Waals surface area contributed by atoms with Crippen molar-refractivity contribution >= 4 is 0 Å². The molecule has 7 heavy (non-hydrogen) atoms. The first-order chi connectivity index (χ1) is 2.50. The number of rotatable bonds is 0. The minimum atomic E-state index is 0. The van der Waals surface area contributed by atoms with Crippen LogP contribution in [0.1, 0.15) is 9.27 Å². The molecule has 38 valence electrons. The van der Waals surface area contributed by atoms with E-state index in [4.69, 9.17) is 0 Å². The van der Waals surface area contributed by atoms with Crippen molar-refractivity contribution in [3.63, 3.8) is 0 Å². The average molecular weight is 281 g/mol. The molecule has 0 saturated heterocycles. The van der Waals surface area contributed by atoms with Gasteiger partial charge in [-0.3, -0.25) is 6.08 Å². The molecule has 0 unspecified atom stereocenters. The van der Waals surface area contributed by atoms with Crippen LogP contribution in [0.5, 0.6) is 0 Å². The summed E-state index contributed by atoms with van der Waals surface area (Å²) in [5.74, 6) is 0. The molecule has 1 rings (SSSR count). The zero-order valence-corrected chi connectivity index (χ0v) is 8.17. The van der Waals surface area contributed by atoms with Crippen molar-refractivity contribution in [1.82, 2.24) is 0 Å². The Morgan fingerprint density at radius 1 is 1.57 bits per heavy atom. The predicted octanol–water partition coefficient (Wildman–Crippen LogP) is -1.47. The van der Waals surface area contributed by atoms with Gasteiger partial charge in [-0.15, -0.1) is 6.42 Å². The van der Waals surface area contributed by atoms with Crippen molar-refractivity contribution in [3.05, 3.63) is 24.3 Å². The second kappa shape index (κ2) is 6.64. The van der Waals surface area contributed by atoms with Crippen molar-refractivity contribution in [3.8, 4) is 0 Å². The van der Waals surface area contributed by atoms with Crippen LogP contribution in [-0.4, -0.2) is 0 Å². The SMILES string of the molecule is [C-]1=CC=CC1.[Cl-].[H-].[H-].[Hf+4]. The molecule has 0 fully saturated rings. The quantitative estimate of drug-likeness (QED) is 0.376. The van der Waals surface area contributed by atoms with E-state index in [1.54, 1.807) is 0 Å². The largest absolute Gasteiger partial charge is 4.00 e. The van der Waals surface area contributed by atoms with E-state index in [1.165, 1.54) is 0 Å². The first-order valence-corrected chi connectivity index (χ1v) is 1.72. The molecular formula is C5H7ClHf. The summed E-state index contributed by atoms with van der Waals surface area (Å²) in [6.45, 7) is 0. The van der Waals surface area contributed by atoms with Crippen LogP contribution in [0, 0.1) is 6.08 Å². The molecule has 0 atom stereocenters. The maximum atomic E-state index is 2.99. The van der Waals surface area contributed by atoms with Crippen LogP contribution in [0.25, 0.3) is 0 Å². The summed E-state index contributed by atoms with van der Waals surface area (Å²) in [5.41, 5.74) is 0. The fourth-order valence-electron chi connectivity index (χ4n) is 0.340. The first-order valence-electron chi connectivity index (χ1n) is 1.72. The maximum absolute atomic E-state index is 2.99. The fourth-order valence-corrected chi connectivity index (χ4v) is 0.340. The first kappa shape index (κ1) is 10.6. The van der Waals surface area contributed by atoms with E-state index in [-0.39, 0.29) is 41.1 Å². The van der Waals surface area contributed by atoms with Gasteiger partial charge in [0.2, 0.25) is 0 Å². The van der Waals surface area contributed by atoms with Crippen LogP contribution >= 0.6 is 0 Å². The number of allylic oxidation sites excluding steroid dienone is 4. The Kier molecular flexibility index (Phi) is 10.0. The van der Waals surface area contributed by atoms with Crippen molar-refractivity contribution in [2.75, 3.05) is 0 Å². The number of hydrogen-bond acceptors (Lipinski definition) is 0. The van der Waals surface area contributed by atoms with E-state index >= 15 is 0 Å². The van der Waals surface area contributed by atoms with Crippen molar-refractivity contribution in [2.24, 2.45) is 0 Å². The second-order valence-corrected chi connectivity index (χ2v) is 1.00. The van der Waals surface area contributed by atoms with E-state index in [2.05, 4.69) is 12.2 Å². The molecule has 0 bridgehead atoms. The number of hydrogen-bond donors (Lipinski definition) is 0. The number of halogens is 1. The van der Waals surface area contributed by atoms with Crippen LogP contribution < -0.4 is 12.4 Å². The van der Waals surface area contributed by atoms with Gasteiger partial charge in [-0.1, -0.05) is 0 Å². The summed E-state index contributed by atoms with van der Waals surface area (Å²) in [4.78, 5) is 0. The molecule has 0 aliphatic heterocycles. The molecule has 1 aliphatic rings. The van der Waals surface area contributed by atoms with Gasteiger partial charge in [0, 0.05) is 0 Å². The van der Waals surface area contributed by atoms with Crippen LogP contribution in [-0.2, 0) is 25.8 Å². The monoisotopic (exact) mass is 282 g/mol. The minimum absolute atomic E-state index is 0. The molecule has 0 aromatic carbocycles. The Bertz CT molecular complexity index is 73.0. The van der Waals surface area contributed by atoms with Crippen LogP contribution in [0.4, 0.5) is 0 Å². The standard InChI is InChI=1S/C5H5.ClH.Hf.2H/c1-2-4-5-3-1;;;;/h1-3H,4H2;1H;;;/q-1;;+4;2*-1/p-1. The summed E-state index contributed by atoms with van der Waals surface area (Å²) in [6, 6.07) is 0. The molecule has 2 heteroatoms. The Hall–Kier alpha value is 0.640. The van der Waals surface area contributed by atoms with Gasteiger partial charge in [-0.25, -0.2) is 12.2 Å². The molecule has 0 aromatic rings. The Morgan fingerprint density at radius 3 is 2.43 bits per heavy atom. The molecule has 0 heterocycles. The molecule has 0 N–H and O–H groups in total. The molecule has 0 spiro atoms. The topological polar surface area (TPSA) is 0 Å². The zero-order chi connectivity index (χ0) is 3.54. The maximum Gasteiger partial charge on any atom is 4.00 e. The normalized spacial score (nSPS) is 12.6. The third kappa shape index (κ3) is 4.49. The van der Waals surface area contributed by atoms with Crippen LogP contribution in [0.2, 0.25) is 0 Å². The van der Waals surface area contributed by atoms with E-state index in [0.717, 1.165) is 6.42 Å². The van der Waals surface area contributed by atoms with Crippen molar-refractivity contribution in [1.29, 1.82) is 0 Å². The van der Waals surface area contributed by atoms with Gasteiger partial charge in [0.25, 0.3) is 0 Å². The Labute approximate surface area is 71.8 Å². The molecular weight excluding hydrogens is 274 g/mol. The smallest absolute Gasteiger partial charge is 1.00 e. The second-order valence-electron chi connectivity index (χ2n) is 1.00. The van der Waals surface area contributed by atoms with Gasteiger partial charge in [-0.2, -0.15) is 6.08 Å². The van der Waals surface area contributed by atoms with E-state index in [0.29, 0.717) is 0 Å². The summed E-state index contributed by atoms with van der Waals surface area (Å²) >= 11 is 0. The third-order valence-corrected chi connectivity index (χ3v) is 0.586. The summed E-state index contributed by atoms with van der Waals surface area (Å²) in [7, 11) is 0. The van der Waals surface area contributed by atoms with E-state index in [1.807, 2.05) is 12.2 Å². The van der Waals surface area contributed by atoms with Crippen LogP contribution in [0.15, 0.2) is 18.2 Å². The zero-order valence-electron chi connectivity index (χ0n) is 5.82. The molecule has 1 aliphatic carbocycles. The average Bonchev–Trinajstić information content (AvgIpc) is 1.76. The minimum Gasteiger partial charge on any atom is -1.00 e. The molecule has 0 saturated carbocycles. The van der Waals surface area contributed by atoms with Gasteiger partial charge < -0.3 is 15.3 Å². The van der Waals surface area contributed by atoms with Gasteiger partial charge >= 0.3 is 25.8 Å². The van der Waals surface area contributed by atoms with Gasteiger partial charge in [0.15, 0.2) is 0 Å². The Morgan fingerprint density at radius 2 is 2.29 bits per heavy atom. The van der Waals surface area contributed by atoms with Crippen molar-refractivity contribution in [2.45, 2.75) is 6.42 Å². The van der Waals surface area contributed by atoms with Gasteiger partial charge in [-0.05, 0) is 0 Å². The van der Waals surface area contributed by atoms with E-state index < -0.39 is 0 Å². The van der Waals surface area contributed by atoms with Crippen molar-refractivity contribution < 1.29 is 41.1 Å². The van der Waals surface area contributed by atoms with Crippen LogP contribution in [0.3, 0.4) is 0 Å². The predicted molar refractivity (Wildman–Crippen MR) is 23.8 cm³/mol. The fraction of sp³-hybridized carbons (Fsp3) is 0.200. The molecule has 0 aromatic heterocycles. The third-order valence-electron chi connectivity index (χ3n) is 0.586. The molecule has 0 radical (unpaired) electrons. The summed E-state index contributed by atoms with van der Waals surface area (Å²) in [6.07, 6.45) is 10.0. The summed E-state index contributed by atoms with van der Waals surface area (Å²) in [5, 5.41) is 0.